The fourth-order valence-corrected chi connectivity index (χ4v) is 2.67. The highest BCUT2D eigenvalue weighted by Gasteiger charge is 2.21. The van der Waals surface area contributed by atoms with Gasteiger partial charge in [0, 0.05) is 17.1 Å². The predicted octanol–water partition coefficient (Wildman–Crippen LogP) is 4.25. The first-order chi connectivity index (χ1) is 10.2. The molecule has 0 radical (unpaired) electrons. The molecule has 2 N–H and O–H groups in total. The molecule has 0 saturated heterocycles. The number of unbranched alkanes of at least 4 members (excludes halogenated alkanes) is 1. The fraction of sp³-hybridized carbons (Fsp3) is 0.647. The molecular formula is C17H29ClN2O. The van der Waals surface area contributed by atoms with E-state index < -0.39 is 0 Å². The number of halogens is 1. The topological polar surface area (TPSA) is 38.5 Å². The number of likely N-dealkylation sites (N-methyl/N-ethyl adjacent to an activating group) is 1. The standard InChI is InChI=1S/C17H29ClN2O/c1-4-7-10-20(6-3)16(13-19)15-12-14(18)8-9-17(15)21-11-5-2/h8-9,12,16H,4-7,10-11,13,19H2,1-3H3. The molecule has 0 saturated carbocycles. The second kappa shape index (κ2) is 10.0. The number of hydrogen-bond donors (Lipinski definition) is 1. The van der Waals surface area contributed by atoms with Crippen LogP contribution in [0.5, 0.6) is 5.75 Å². The lowest BCUT2D eigenvalue weighted by Gasteiger charge is -2.31. The van der Waals surface area contributed by atoms with Crippen LogP contribution in [-0.2, 0) is 0 Å². The summed E-state index contributed by atoms with van der Waals surface area (Å²) < 4.78 is 5.88. The van der Waals surface area contributed by atoms with Gasteiger partial charge in [-0.1, -0.05) is 38.8 Å². The van der Waals surface area contributed by atoms with E-state index in [9.17, 15) is 0 Å². The second-order valence-electron chi connectivity index (χ2n) is 5.26. The van der Waals surface area contributed by atoms with Crippen molar-refractivity contribution in [2.75, 3.05) is 26.2 Å². The van der Waals surface area contributed by atoms with Crippen LogP contribution in [0.1, 0.15) is 51.6 Å². The maximum atomic E-state index is 6.19. The van der Waals surface area contributed by atoms with Gasteiger partial charge in [0.15, 0.2) is 0 Å². The third-order valence-corrected chi connectivity index (χ3v) is 3.90. The van der Waals surface area contributed by atoms with Crippen molar-refractivity contribution in [3.8, 4) is 5.75 Å². The van der Waals surface area contributed by atoms with Crippen LogP contribution in [0.15, 0.2) is 18.2 Å². The van der Waals surface area contributed by atoms with E-state index in [1.165, 1.54) is 12.8 Å². The van der Waals surface area contributed by atoms with Crippen molar-refractivity contribution >= 4 is 11.6 Å². The van der Waals surface area contributed by atoms with Gasteiger partial charge in [-0.2, -0.15) is 0 Å². The number of hydrogen-bond acceptors (Lipinski definition) is 3. The molecule has 0 bridgehead atoms. The molecule has 1 rings (SSSR count). The Balaban J connectivity index is 3.03. The molecule has 21 heavy (non-hydrogen) atoms. The lowest BCUT2D eigenvalue weighted by Crippen LogP contribution is -2.34. The zero-order chi connectivity index (χ0) is 15.7. The number of ether oxygens (including phenoxy) is 1. The largest absolute Gasteiger partial charge is 0.493 e. The molecule has 0 amide bonds. The van der Waals surface area contributed by atoms with Crippen LogP contribution >= 0.6 is 11.6 Å². The molecule has 0 aliphatic rings. The summed E-state index contributed by atoms with van der Waals surface area (Å²) in [5.74, 6) is 0.909. The monoisotopic (exact) mass is 312 g/mol. The van der Waals surface area contributed by atoms with Gasteiger partial charge in [-0.15, -0.1) is 0 Å². The molecule has 4 heteroatoms. The first-order valence-corrected chi connectivity index (χ1v) is 8.41. The summed E-state index contributed by atoms with van der Waals surface area (Å²) in [5.41, 5.74) is 7.17. The summed E-state index contributed by atoms with van der Waals surface area (Å²) in [4.78, 5) is 2.41. The van der Waals surface area contributed by atoms with E-state index in [4.69, 9.17) is 22.1 Å². The van der Waals surface area contributed by atoms with Gasteiger partial charge in [-0.3, -0.25) is 4.90 Å². The van der Waals surface area contributed by atoms with Gasteiger partial charge in [0.05, 0.1) is 12.6 Å². The quantitative estimate of drug-likeness (QED) is 0.702. The van der Waals surface area contributed by atoms with Crippen molar-refractivity contribution in [3.05, 3.63) is 28.8 Å². The Morgan fingerprint density at radius 3 is 2.57 bits per heavy atom. The molecule has 0 fully saturated rings. The number of nitrogens with two attached hydrogens (primary N) is 1. The van der Waals surface area contributed by atoms with Crippen LogP contribution in [0, 0.1) is 0 Å². The summed E-state index contributed by atoms with van der Waals surface area (Å²) in [6.45, 7) is 9.80. The number of benzene rings is 1. The molecule has 0 heterocycles. The van der Waals surface area contributed by atoms with Crippen molar-refractivity contribution in [3.63, 3.8) is 0 Å². The third-order valence-electron chi connectivity index (χ3n) is 3.66. The van der Waals surface area contributed by atoms with Gasteiger partial charge in [-0.25, -0.2) is 0 Å². The fourth-order valence-electron chi connectivity index (χ4n) is 2.49. The molecule has 0 spiro atoms. The summed E-state index contributed by atoms with van der Waals surface area (Å²) in [6.07, 6.45) is 3.35. The minimum Gasteiger partial charge on any atom is -0.493 e. The van der Waals surface area contributed by atoms with Crippen molar-refractivity contribution < 1.29 is 4.74 Å². The van der Waals surface area contributed by atoms with Crippen molar-refractivity contribution in [1.82, 2.24) is 4.90 Å². The van der Waals surface area contributed by atoms with Gasteiger partial charge < -0.3 is 10.5 Å². The molecule has 0 aliphatic heterocycles. The minimum absolute atomic E-state index is 0.159. The zero-order valence-corrected chi connectivity index (χ0v) is 14.3. The minimum atomic E-state index is 0.159. The first-order valence-electron chi connectivity index (χ1n) is 8.04. The number of nitrogens with zero attached hydrogens (tertiary/aromatic N) is 1. The van der Waals surface area contributed by atoms with Gasteiger partial charge in [0.25, 0.3) is 0 Å². The Bertz CT molecular complexity index is 412. The van der Waals surface area contributed by atoms with Crippen LogP contribution in [0.4, 0.5) is 0 Å². The average Bonchev–Trinajstić information content (AvgIpc) is 2.50. The summed E-state index contributed by atoms with van der Waals surface area (Å²) >= 11 is 6.19. The normalized spacial score (nSPS) is 12.7. The van der Waals surface area contributed by atoms with Crippen molar-refractivity contribution in [2.24, 2.45) is 5.73 Å². The van der Waals surface area contributed by atoms with E-state index in [1.807, 2.05) is 18.2 Å². The summed E-state index contributed by atoms with van der Waals surface area (Å²) in [6, 6.07) is 6.00. The molecule has 3 nitrogen and oxygen atoms in total. The van der Waals surface area contributed by atoms with Gasteiger partial charge >= 0.3 is 0 Å². The molecule has 0 aliphatic carbocycles. The van der Waals surface area contributed by atoms with Crippen molar-refractivity contribution in [2.45, 2.75) is 46.1 Å². The Labute approximate surface area is 134 Å². The maximum Gasteiger partial charge on any atom is 0.124 e. The van der Waals surface area contributed by atoms with E-state index in [0.29, 0.717) is 13.2 Å². The van der Waals surface area contributed by atoms with Crippen LogP contribution in [0.2, 0.25) is 5.02 Å². The molecule has 0 aromatic heterocycles. The SMILES string of the molecule is CCCCN(CC)C(CN)c1cc(Cl)ccc1OCCC. The van der Waals surface area contributed by atoms with Crippen LogP contribution in [0.25, 0.3) is 0 Å². The highest BCUT2D eigenvalue weighted by Crippen LogP contribution is 2.32. The molecule has 1 atom stereocenters. The van der Waals surface area contributed by atoms with Crippen molar-refractivity contribution in [1.29, 1.82) is 0 Å². The van der Waals surface area contributed by atoms with E-state index in [0.717, 1.165) is 35.8 Å². The molecule has 1 aromatic carbocycles. The summed E-state index contributed by atoms with van der Waals surface area (Å²) in [7, 11) is 0. The highest BCUT2D eigenvalue weighted by molar-refractivity contribution is 6.30. The molecule has 1 aromatic rings. The summed E-state index contributed by atoms with van der Waals surface area (Å²) in [5, 5.41) is 0.735. The van der Waals surface area contributed by atoms with Crippen LogP contribution in [0.3, 0.4) is 0 Å². The highest BCUT2D eigenvalue weighted by atomic mass is 35.5. The molecular weight excluding hydrogens is 284 g/mol. The predicted molar refractivity (Wildman–Crippen MR) is 91.2 cm³/mol. The average molecular weight is 313 g/mol. The lowest BCUT2D eigenvalue weighted by atomic mass is 10.0. The van der Waals surface area contributed by atoms with Gasteiger partial charge in [0.1, 0.15) is 5.75 Å². The Kier molecular flexibility index (Phi) is 8.74. The number of rotatable bonds is 10. The van der Waals surface area contributed by atoms with Gasteiger partial charge in [-0.05, 0) is 44.1 Å². The van der Waals surface area contributed by atoms with E-state index in [-0.39, 0.29) is 6.04 Å². The van der Waals surface area contributed by atoms with E-state index in [2.05, 4.69) is 25.7 Å². The van der Waals surface area contributed by atoms with Gasteiger partial charge in [0.2, 0.25) is 0 Å². The third kappa shape index (κ3) is 5.50. The Hall–Kier alpha value is -0.770. The zero-order valence-electron chi connectivity index (χ0n) is 13.6. The van der Waals surface area contributed by atoms with E-state index >= 15 is 0 Å². The molecule has 120 valence electrons. The Morgan fingerprint density at radius 1 is 1.24 bits per heavy atom. The Morgan fingerprint density at radius 2 is 2.00 bits per heavy atom. The lowest BCUT2D eigenvalue weighted by molar-refractivity contribution is 0.202. The maximum absolute atomic E-state index is 6.19. The second-order valence-corrected chi connectivity index (χ2v) is 5.70. The smallest absolute Gasteiger partial charge is 0.124 e. The van der Waals surface area contributed by atoms with Crippen LogP contribution in [-0.4, -0.2) is 31.1 Å². The van der Waals surface area contributed by atoms with Crippen LogP contribution < -0.4 is 10.5 Å². The van der Waals surface area contributed by atoms with E-state index in [1.54, 1.807) is 0 Å². The molecule has 1 unspecified atom stereocenters. The first kappa shape index (κ1) is 18.3.